The highest BCUT2D eigenvalue weighted by Gasteiger charge is 2.10. The number of carbonyl (C=O) groups is 1. The van der Waals surface area contributed by atoms with Crippen LogP contribution in [0.1, 0.15) is 28.8 Å². The molecule has 0 saturated carbocycles. The highest BCUT2D eigenvalue weighted by molar-refractivity contribution is 5.87. The predicted molar refractivity (Wildman–Crippen MR) is 47.4 cm³/mol. The number of aromatic carboxylic acids is 1. The first-order valence-corrected chi connectivity index (χ1v) is 3.98. The molecule has 1 unspecified atom stereocenters. The standard InChI is InChI=1S/C10H8FNO2/c1-6(5-12)7-2-8(10(13)14)4-9(11)3-7/h2-4,6H,1H3,(H,13,14). The number of carboxylic acid groups (broad SMARTS) is 1. The van der Waals surface area contributed by atoms with Gasteiger partial charge in [0.05, 0.1) is 17.6 Å². The monoisotopic (exact) mass is 193 g/mol. The first kappa shape index (κ1) is 10.2. The molecule has 0 aliphatic heterocycles. The summed E-state index contributed by atoms with van der Waals surface area (Å²) in [5, 5.41) is 17.2. The second-order valence-corrected chi connectivity index (χ2v) is 2.93. The zero-order valence-electron chi connectivity index (χ0n) is 7.49. The third-order valence-corrected chi connectivity index (χ3v) is 1.86. The fourth-order valence-electron chi connectivity index (χ4n) is 1.06. The van der Waals surface area contributed by atoms with Gasteiger partial charge in [0.25, 0.3) is 0 Å². The Balaban J connectivity index is 3.21. The summed E-state index contributed by atoms with van der Waals surface area (Å²) in [4.78, 5) is 10.6. The van der Waals surface area contributed by atoms with E-state index in [1.165, 1.54) is 12.1 Å². The average molecular weight is 193 g/mol. The van der Waals surface area contributed by atoms with E-state index in [9.17, 15) is 9.18 Å². The van der Waals surface area contributed by atoms with Gasteiger partial charge in [-0.2, -0.15) is 5.26 Å². The van der Waals surface area contributed by atoms with Gasteiger partial charge in [-0.1, -0.05) is 0 Å². The van der Waals surface area contributed by atoms with Gasteiger partial charge in [0, 0.05) is 0 Å². The Hall–Kier alpha value is -1.89. The van der Waals surface area contributed by atoms with Gasteiger partial charge in [0.1, 0.15) is 5.82 Å². The molecule has 0 radical (unpaired) electrons. The van der Waals surface area contributed by atoms with Crippen molar-refractivity contribution in [3.05, 3.63) is 35.1 Å². The van der Waals surface area contributed by atoms with Crippen molar-refractivity contribution in [2.24, 2.45) is 0 Å². The van der Waals surface area contributed by atoms with Gasteiger partial charge < -0.3 is 5.11 Å². The third kappa shape index (κ3) is 2.07. The molecule has 4 heteroatoms. The molecule has 72 valence electrons. The van der Waals surface area contributed by atoms with E-state index in [-0.39, 0.29) is 5.56 Å². The molecule has 0 spiro atoms. The second-order valence-electron chi connectivity index (χ2n) is 2.93. The predicted octanol–water partition coefficient (Wildman–Crippen LogP) is 2.15. The van der Waals surface area contributed by atoms with Crippen LogP contribution in [0, 0.1) is 17.1 Å². The van der Waals surface area contributed by atoms with Crippen LogP contribution < -0.4 is 0 Å². The van der Waals surface area contributed by atoms with Crippen molar-refractivity contribution in [3.8, 4) is 6.07 Å². The molecule has 0 fully saturated rings. The zero-order valence-corrected chi connectivity index (χ0v) is 7.49. The summed E-state index contributed by atoms with van der Waals surface area (Å²) < 4.78 is 12.9. The Bertz CT molecular complexity index is 409. The van der Waals surface area contributed by atoms with E-state index in [1.807, 2.05) is 6.07 Å². The molecule has 0 bridgehead atoms. The van der Waals surface area contributed by atoms with Crippen molar-refractivity contribution in [3.63, 3.8) is 0 Å². The maximum atomic E-state index is 12.9. The van der Waals surface area contributed by atoms with E-state index in [2.05, 4.69) is 0 Å². The van der Waals surface area contributed by atoms with Crippen molar-refractivity contribution in [1.82, 2.24) is 0 Å². The quantitative estimate of drug-likeness (QED) is 0.782. The Morgan fingerprint density at radius 1 is 1.57 bits per heavy atom. The van der Waals surface area contributed by atoms with Crippen LogP contribution in [-0.2, 0) is 0 Å². The van der Waals surface area contributed by atoms with Gasteiger partial charge in [0.2, 0.25) is 0 Å². The molecule has 1 aromatic rings. The lowest BCUT2D eigenvalue weighted by Crippen LogP contribution is -2.00. The molecule has 0 saturated heterocycles. The van der Waals surface area contributed by atoms with Gasteiger partial charge in [-0.05, 0) is 30.7 Å². The molecule has 1 N–H and O–H groups in total. The number of rotatable bonds is 2. The fraction of sp³-hybridized carbons (Fsp3) is 0.200. The van der Waals surface area contributed by atoms with Gasteiger partial charge in [0.15, 0.2) is 0 Å². The highest BCUT2D eigenvalue weighted by atomic mass is 19.1. The topological polar surface area (TPSA) is 61.1 Å². The van der Waals surface area contributed by atoms with Crippen molar-refractivity contribution in [2.75, 3.05) is 0 Å². The highest BCUT2D eigenvalue weighted by Crippen LogP contribution is 2.17. The summed E-state index contributed by atoms with van der Waals surface area (Å²) >= 11 is 0. The summed E-state index contributed by atoms with van der Waals surface area (Å²) in [5.74, 6) is -2.35. The van der Waals surface area contributed by atoms with Gasteiger partial charge in [-0.3, -0.25) is 0 Å². The van der Waals surface area contributed by atoms with Crippen LogP contribution in [-0.4, -0.2) is 11.1 Å². The Morgan fingerprint density at radius 3 is 2.71 bits per heavy atom. The van der Waals surface area contributed by atoms with Crippen LogP contribution in [0.3, 0.4) is 0 Å². The smallest absolute Gasteiger partial charge is 0.335 e. The third-order valence-electron chi connectivity index (χ3n) is 1.86. The number of nitrogens with zero attached hydrogens (tertiary/aromatic N) is 1. The van der Waals surface area contributed by atoms with Crippen LogP contribution in [0.25, 0.3) is 0 Å². The number of halogens is 1. The van der Waals surface area contributed by atoms with Crippen LogP contribution in [0.2, 0.25) is 0 Å². The number of hydrogen-bond donors (Lipinski definition) is 1. The number of hydrogen-bond acceptors (Lipinski definition) is 2. The van der Waals surface area contributed by atoms with E-state index in [1.54, 1.807) is 6.92 Å². The summed E-state index contributed by atoms with van der Waals surface area (Å²) in [5.41, 5.74) is 0.243. The van der Waals surface area contributed by atoms with E-state index in [0.29, 0.717) is 5.56 Å². The van der Waals surface area contributed by atoms with Crippen molar-refractivity contribution in [2.45, 2.75) is 12.8 Å². The normalized spacial score (nSPS) is 11.8. The molecule has 0 heterocycles. The molecule has 1 aromatic carbocycles. The van der Waals surface area contributed by atoms with Gasteiger partial charge in [-0.25, -0.2) is 9.18 Å². The minimum Gasteiger partial charge on any atom is -0.478 e. The Labute approximate surface area is 80.4 Å². The van der Waals surface area contributed by atoms with E-state index < -0.39 is 17.7 Å². The molecule has 1 atom stereocenters. The van der Waals surface area contributed by atoms with Gasteiger partial charge >= 0.3 is 5.97 Å². The van der Waals surface area contributed by atoms with Crippen LogP contribution >= 0.6 is 0 Å². The zero-order chi connectivity index (χ0) is 10.7. The van der Waals surface area contributed by atoms with E-state index in [0.717, 1.165) is 6.07 Å². The average Bonchev–Trinajstić information content (AvgIpc) is 2.15. The maximum Gasteiger partial charge on any atom is 0.335 e. The molecule has 0 aliphatic carbocycles. The fourth-order valence-corrected chi connectivity index (χ4v) is 1.06. The summed E-state index contributed by atoms with van der Waals surface area (Å²) in [7, 11) is 0. The van der Waals surface area contributed by atoms with Gasteiger partial charge in [-0.15, -0.1) is 0 Å². The lowest BCUT2D eigenvalue weighted by atomic mass is 10.0. The SMILES string of the molecule is CC(C#N)c1cc(F)cc(C(=O)O)c1. The molecule has 1 rings (SSSR count). The molecular formula is C10H8FNO2. The second kappa shape index (κ2) is 3.88. The minimum atomic E-state index is -1.20. The molecular weight excluding hydrogens is 185 g/mol. The number of nitriles is 1. The lowest BCUT2D eigenvalue weighted by Gasteiger charge is -2.04. The Kier molecular flexibility index (Phi) is 2.82. The van der Waals surface area contributed by atoms with Crippen LogP contribution in [0.5, 0.6) is 0 Å². The number of benzene rings is 1. The van der Waals surface area contributed by atoms with Crippen molar-refractivity contribution >= 4 is 5.97 Å². The van der Waals surface area contributed by atoms with E-state index >= 15 is 0 Å². The van der Waals surface area contributed by atoms with Crippen LogP contribution in [0.15, 0.2) is 18.2 Å². The van der Waals surface area contributed by atoms with Crippen LogP contribution in [0.4, 0.5) is 4.39 Å². The van der Waals surface area contributed by atoms with E-state index in [4.69, 9.17) is 10.4 Å². The minimum absolute atomic E-state index is 0.137. The maximum absolute atomic E-state index is 12.9. The first-order chi connectivity index (χ1) is 6.54. The Morgan fingerprint density at radius 2 is 2.21 bits per heavy atom. The van der Waals surface area contributed by atoms with Crippen molar-refractivity contribution in [1.29, 1.82) is 5.26 Å². The molecule has 0 aromatic heterocycles. The summed E-state index contributed by atoms with van der Waals surface area (Å²) in [6, 6.07) is 5.31. The first-order valence-electron chi connectivity index (χ1n) is 3.98. The lowest BCUT2D eigenvalue weighted by molar-refractivity contribution is 0.0696. The molecule has 0 amide bonds. The summed E-state index contributed by atoms with van der Waals surface area (Å²) in [6.07, 6.45) is 0. The molecule has 14 heavy (non-hydrogen) atoms. The molecule has 0 aliphatic rings. The molecule has 3 nitrogen and oxygen atoms in total. The summed E-state index contributed by atoms with van der Waals surface area (Å²) in [6.45, 7) is 1.58. The number of carboxylic acids is 1. The van der Waals surface area contributed by atoms with Crippen molar-refractivity contribution < 1.29 is 14.3 Å². The largest absolute Gasteiger partial charge is 0.478 e.